The minimum absolute atomic E-state index is 0.570. The Balaban J connectivity index is 1.82. The van der Waals surface area contributed by atoms with E-state index in [4.69, 9.17) is 4.74 Å². The molecule has 1 heterocycles. The van der Waals surface area contributed by atoms with E-state index in [9.17, 15) is 0 Å². The largest absolute Gasteiger partial charge is 0.492 e. The van der Waals surface area contributed by atoms with Gasteiger partial charge >= 0.3 is 0 Å². The summed E-state index contributed by atoms with van der Waals surface area (Å²) in [5.41, 5.74) is 0. The molecule has 3 nitrogen and oxygen atoms in total. The molecule has 0 aliphatic carbocycles. The molecule has 1 aliphatic heterocycles. The van der Waals surface area contributed by atoms with Crippen LogP contribution >= 0.6 is 15.9 Å². The van der Waals surface area contributed by atoms with Crippen LogP contribution in [0.25, 0.3) is 0 Å². The van der Waals surface area contributed by atoms with Gasteiger partial charge in [0.25, 0.3) is 0 Å². The highest BCUT2D eigenvalue weighted by Gasteiger charge is 2.25. The van der Waals surface area contributed by atoms with Gasteiger partial charge in [0, 0.05) is 36.2 Å². The molecule has 118 valence electrons. The molecule has 1 N–H and O–H groups in total. The second-order valence-corrected chi connectivity index (χ2v) is 7.31. The molecule has 0 aromatic heterocycles. The van der Waals surface area contributed by atoms with E-state index in [2.05, 4.69) is 46.9 Å². The number of nitrogens with zero attached hydrogens (tertiary/aromatic N) is 1. The van der Waals surface area contributed by atoms with Crippen molar-refractivity contribution >= 4 is 15.9 Å². The van der Waals surface area contributed by atoms with Gasteiger partial charge < -0.3 is 10.1 Å². The Hall–Kier alpha value is -0.580. The predicted octanol–water partition coefficient (Wildman–Crippen LogP) is 3.54. The third kappa shape index (κ3) is 5.61. The minimum atomic E-state index is 0.570. The van der Waals surface area contributed by atoms with Crippen LogP contribution in [0.4, 0.5) is 0 Å². The van der Waals surface area contributed by atoms with Gasteiger partial charge in [-0.15, -0.1) is 0 Å². The van der Waals surface area contributed by atoms with Crippen LogP contribution in [-0.4, -0.2) is 43.2 Å². The van der Waals surface area contributed by atoms with Crippen LogP contribution in [-0.2, 0) is 0 Å². The lowest BCUT2D eigenvalue weighted by Gasteiger charge is -2.40. The molecule has 0 amide bonds. The molecule has 2 atom stereocenters. The van der Waals surface area contributed by atoms with Crippen molar-refractivity contribution in [2.75, 3.05) is 26.2 Å². The van der Waals surface area contributed by atoms with Crippen LogP contribution in [0, 0.1) is 5.92 Å². The normalized spacial score (nSPS) is 23.5. The van der Waals surface area contributed by atoms with E-state index in [1.807, 2.05) is 24.3 Å². The van der Waals surface area contributed by atoms with Gasteiger partial charge in [-0.1, -0.05) is 29.8 Å². The molecule has 1 aliphatic rings. The molecule has 1 saturated heterocycles. The van der Waals surface area contributed by atoms with Gasteiger partial charge in [0.1, 0.15) is 12.4 Å². The second-order valence-electron chi connectivity index (χ2n) is 6.39. The number of ether oxygens (including phenoxy) is 1. The fraction of sp³-hybridized carbons (Fsp3) is 0.647. The molecule has 0 saturated carbocycles. The highest BCUT2D eigenvalue weighted by molar-refractivity contribution is 9.10. The maximum atomic E-state index is 5.87. The fourth-order valence-electron chi connectivity index (χ4n) is 2.89. The Morgan fingerprint density at radius 2 is 2.05 bits per heavy atom. The van der Waals surface area contributed by atoms with Crippen LogP contribution < -0.4 is 10.1 Å². The summed E-state index contributed by atoms with van der Waals surface area (Å²) in [4.78, 5) is 2.58. The van der Waals surface area contributed by atoms with E-state index in [1.165, 1.54) is 6.42 Å². The van der Waals surface area contributed by atoms with E-state index in [0.717, 1.165) is 42.4 Å². The van der Waals surface area contributed by atoms with Gasteiger partial charge in [-0.25, -0.2) is 0 Å². The molecule has 1 aromatic carbocycles. The number of hydrogen-bond acceptors (Lipinski definition) is 3. The van der Waals surface area contributed by atoms with Gasteiger partial charge in [0.05, 0.1) is 0 Å². The third-order valence-corrected chi connectivity index (χ3v) is 4.46. The lowest BCUT2D eigenvalue weighted by molar-refractivity contribution is 0.1000. The summed E-state index contributed by atoms with van der Waals surface area (Å²) in [6.07, 6.45) is 1.25. The molecular weight excluding hydrogens is 328 g/mol. The highest BCUT2D eigenvalue weighted by atomic mass is 79.9. The Morgan fingerprint density at radius 1 is 1.33 bits per heavy atom. The first kappa shape index (κ1) is 16.8. The van der Waals surface area contributed by atoms with E-state index in [1.54, 1.807) is 0 Å². The summed E-state index contributed by atoms with van der Waals surface area (Å²) in [7, 11) is 0. The molecule has 0 radical (unpaired) electrons. The zero-order valence-electron chi connectivity index (χ0n) is 13.3. The monoisotopic (exact) mass is 354 g/mol. The lowest BCUT2D eigenvalue weighted by Crippen LogP contribution is -2.56. The molecule has 0 bridgehead atoms. The molecule has 1 fully saturated rings. The summed E-state index contributed by atoms with van der Waals surface area (Å²) >= 11 is 3.44. The average Bonchev–Trinajstić information content (AvgIpc) is 2.43. The van der Waals surface area contributed by atoms with Crippen molar-refractivity contribution in [2.24, 2.45) is 5.92 Å². The Labute approximate surface area is 137 Å². The predicted molar refractivity (Wildman–Crippen MR) is 91.9 cm³/mol. The maximum absolute atomic E-state index is 5.87. The van der Waals surface area contributed by atoms with Gasteiger partial charge in [-0.05, 0) is 43.5 Å². The fourth-order valence-corrected chi connectivity index (χ4v) is 3.16. The summed E-state index contributed by atoms with van der Waals surface area (Å²) in [5, 5.41) is 3.59. The first-order chi connectivity index (χ1) is 10.0. The molecule has 1 aromatic rings. The lowest BCUT2D eigenvalue weighted by atomic mass is 9.99. The van der Waals surface area contributed by atoms with Crippen molar-refractivity contribution in [3.05, 3.63) is 28.7 Å². The van der Waals surface area contributed by atoms with Crippen molar-refractivity contribution in [2.45, 2.75) is 39.3 Å². The Bertz CT molecular complexity index is 421. The third-order valence-electron chi connectivity index (χ3n) is 3.93. The molecule has 4 heteroatoms. The highest BCUT2D eigenvalue weighted by Crippen LogP contribution is 2.17. The summed E-state index contributed by atoms with van der Waals surface area (Å²) in [6.45, 7) is 10.8. The average molecular weight is 355 g/mol. The molecular formula is C17H27BrN2O. The quantitative estimate of drug-likeness (QED) is 0.845. The van der Waals surface area contributed by atoms with E-state index in [-0.39, 0.29) is 0 Å². The number of nitrogens with one attached hydrogen (secondary N) is 1. The second kappa shape index (κ2) is 8.16. The van der Waals surface area contributed by atoms with Gasteiger partial charge in [0.2, 0.25) is 0 Å². The molecule has 2 rings (SSSR count). The van der Waals surface area contributed by atoms with Crippen molar-refractivity contribution in [1.82, 2.24) is 10.2 Å². The van der Waals surface area contributed by atoms with Crippen LogP contribution in [0.5, 0.6) is 5.75 Å². The number of halogens is 1. The molecule has 2 unspecified atom stereocenters. The van der Waals surface area contributed by atoms with Crippen molar-refractivity contribution < 1.29 is 4.74 Å². The van der Waals surface area contributed by atoms with E-state index < -0.39 is 0 Å². The van der Waals surface area contributed by atoms with Gasteiger partial charge in [0.15, 0.2) is 0 Å². The summed E-state index contributed by atoms with van der Waals surface area (Å²) in [5.74, 6) is 1.68. The van der Waals surface area contributed by atoms with E-state index in [0.29, 0.717) is 12.1 Å². The summed E-state index contributed by atoms with van der Waals surface area (Å²) < 4.78 is 6.96. The van der Waals surface area contributed by atoms with Gasteiger partial charge in [-0.3, -0.25) is 4.90 Å². The first-order valence-electron chi connectivity index (χ1n) is 7.90. The van der Waals surface area contributed by atoms with Crippen LogP contribution in [0.1, 0.15) is 27.2 Å². The maximum Gasteiger partial charge on any atom is 0.119 e. The first-order valence-corrected chi connectivity index (χ1v) is 8.69. The van der Waals surface area contributed by atoms with Crippen molar-refractivity contribution in [3.8, 4) is 5.75 Å². The van der Waals surface area contributed by atoms with Gasteiger partial charge in [-0.2, -0.15) is 0 Å². The smallest absolute Gasteiger partial charge is 0.119 e. The van der Waals surface area contributed by atoms with Crippen molar-refractivity contribution in [3.63, 3.8) is 0 Å². The topological polar surface area (TPSA) is 24.5 Å². The standard InChI is InChI=1S/C17H27BrN2O/c1-13(2)10-16-11-19-14(3)12-20(16)8-9-21-17-6-4-15(18)5-7-17/h4-7,13-14,16,19H,8-12H2,1-3H3. The van der Waals surface area contributed by atoms with Crippen LogP contribution in [0.2, 0.25) is 0 Å². The zero-order valence-corrected chi connectivity index (χ0v) is 14.9. The van der Waals surface area contributed by atoms with E-state index >= 15 is 0 Å². The Kier molecular flexibility index (Phi) is 6.52. The molecule has 0 spiro atoms. The molecule has 21 heavy (non-hydrogen) atoms. The van der Waals surface area contributed by atoms with Crippen LogP contribution in [0.15, 0.2) is 28.7 Å². The zero-order chi connectivity index (χ0) is 15.2. The SMILES string of the molecule is CC(C)CC1CNC(C)CN1CCOc1ccc(Br)cc1. The number of benzene rings is 1. The number of piperazine rings is 1. The number of hydrogen-bond donors (Lipinski definition) is 1. The van der Waals surface area contributed by atoms with Crippen molar-refractivity contribution in [1.29, 1.82) is 0 Å². The number of rotatable bonds is 6. The Morgan fingerprint density at radius 3 is 2.71 bits per heavy atom. The minimum Gasteiger partial charge on any atom is -0.492 e. The summed E-state index contributed by atoms with van der Waals surface area (Å²) in [6, 6.07) is 9.26. The van der Waals surface area contributed by atoms with Crippen LogP contribution in [0.3, 0.4) is 0 Å².